The van der Waals surface area contributed by atoms with Gasteiger partial charge in [-0.2, -0.15) is 0 Å². The maximum atomic E-state index is 12.3. The van der Waals surface area contributed by atoms with E-state index < -0.39 is 15.8 Å². The molecule has 0 spiro atoms. The van der Waals surface area contributed by atoms with Crippen molar-refractivity contribution in [2.24, 2.45) is 0 Å². The third-order valence-electron chi connectivity index (χ3n) is 5.60. The van der Waals surface area contributed by atoms with Crippen LogP contribution in [-0.4, -0.2) is 25.7 Å². The zero-order valence-electron chi connectivity index (χ0n) is 19.3. The van der Waals surface area contributed by atoms with Gasteiger partial charge < -0.3 is 9.84 Å². The number of sulfone groups is 1. The second-order valence-corrected chi connectivity index (χ2v) is 11.0. The molecule has 0 fully saturated rings. The molecule has 1 atom stereocenters. The summed E-state index contributed by atoms with van der Waals surface area (Å²) >= 11 is 1.57. The molecule has 35 heavy (non-hydrogen) atoms. The summed E-state index contributed by atoms with van der Waals surface area (Å²) in [6, 6.07) is 20.4. The first-order valence-corrected chi connectivity index (χ1v) is 13.7. The van der Waals surface area contributed by atoms with E-state index in [0.717, 1.165) is 26.8 Å². The predicted molar refractivity (Wildman–Crippen MR) is 140 cm³/mol. The summed E-state index contributed by atoms with van der Waals surface area (Å²) in [6.07, 6.45) is 1.18. The van der Waals surface area contributed by atoms with Crippen molar-refractivity contribution in [1.29, 1.82) is 0 Å². The topological polar surface area (TPSA) is 80.7 Å². The fourth-order valence-electron chi connectivity index (χ4n) is 3.95. The zero-order chi connectivity index (χ0) is 25.0. The van der Waals surface area contributed by atoms with E-state index in [9.17, 15) is 13.2 Å². The summed E-state index contributed by atoms with van der Waals surface area (Å²) in [5.74, 6) is 5.19. The second kappa shape index (κ2) is 10.3. The van der Waals surface area contributed by atoms with Gasteiger partial charge in [-0.25, -0.2) is 8.42 Å². The van der Waals surface area contributed by atoms with Gasteiger partial charge in [-0.05, 0) is 47.7 Å². The van der Waals surface area contributed by atoms with E-state index in [-0.39, 0.29) is 12.3 Å². The van der Waals surface area contributed by atoms with Gasteiger partial charge in [0.25, 0.3) is 0 Å². The minimum absolute atomic E-state index is 0.0431. The van der Waals surface area contributed by atoms with Crippen LogP contribution in [0.2, 0.25) is 0 Å². The predicted octanol–water partition coefficient (Wildman–Crippen LogP) is 6.13. The fourth-order valence-corrected chi connectivity index (χ4v) is 5.87. The molecule has 1 heterocycles. The summed E-state index contributed by atoms with van der Waals surface area (Å²) in [5.41, 5.74) is 3.45. The molecule has 1 N–H and O–H groups in total. The summed E-state index contributed by atoms with van der Waals surface area (Å²) in [5, 5.41) is 12.1. The lowest BCUT2D eigenvalue weighted by molar-refractivity contribution is -0.137. The Hall–Kier alpha value is -3.60. The first-order valence-electron chi connectivity index (χ1n) is 10.9. The number of thiophene rings is 1. The largest absolute Gasteiger partial charge is 0.489 e. The Morgan fingerprint density at radius 1 is 1.06 bits per heavy atom. The zero-order valence-corrected chi connectivity index (χ0v) is 20.9. The molecule has 0 saturated carbocycles. The van der Waals surface area contributed by atoms with Crippen LogP contribution in [0.5, 0.6) is 5.75 Å². The smallest absolute Gasteiger partial charge is 0.304 e. The number of rotatable bonds is 8. The second-order valence-electron chi connectivity index (χ2n) is 8.15. The van der Waals surface area contributed by atoms with E-state index in [4.69, 9.17) is 9.84 Å². The molecule has 0 radical (unpaired) electrons. The van der Waals surface area contributed by atoms with E-state index in [1.807, 2.05) is 53.9 Å². The van der Waals surface area contributed by atoms with Crippen LogP contribution in [0, 0.1) is 11.8 Å². The maximum absolute atomic E-state index is 12.3. The average molecular weight is 505 g/mol. The molecule has 1 unspecified atom stereocenters. The first kappa shape index (κ1) is 24.5. The van der Waals surface area contributed by atoms with Crippen LogP contribution < -0.4 is 4.74 Å². The Kier molecular flexibility index (Phi) is 7.25. The van der Waals surface area contributed by atoms with Crippen LogP contribution in [0.25, 0.3) is 21.2 Å². The van der Waals surface area contributed by atoms with Crippen LogP contribution in [0.4, 0.5) is 0 Å². The molecular weight excluding hydrogens is 480 g/mol. The SMILES string of the molecule is CC#CC(CC(=O)O)c1ccc(OCc2ccc3c(-c4ccccc4S(C)(=O)=O)csc3c2)cc1. The highest BCUT2D eigenvalue weighted by atomic mass is 32.2. The third kappa shape index (κ3) is 5.73. The number of carboxylic acid groups (broad SMARTS) is 1. The molecular formula is C28H24O5S2. The number of carbonyl (C=O) groups is 1. The van der Waals surface area contributed by atoms with Crippen LogP contribution >= 0.6 is 11.3 Å². The average Bonchev–Trinajstić information content (AvgIpc) is 3.25. The third-order valence-corrected chi connectivity index (χ3v) is 7.70. The molecule has 0 bridgehead atoms. The highest BCUT2D eigenvalue weighted by molar-refractivity contribution is 7.90. The Balaban J connectivity index is 1.51. The van der Waals surface area contributed by atoms with E-state index in [0.29, 0.717) is 22.8 Å². The Bertz CT molecular complexity index is 1540. The first-order chi connectivity index (χ1) is 16.8. The summed E-state index contributed by atoms with van der Waals surface area (Å²) in [4.78, 5) is 11.4. The van der Waals surface area contributed by atoms with Crippen molar-refractivity contribution in [2.75, 3.05) is 6.26 Å². The van der Waals surface area contributed by atoms with Gasteiger partial charge in [0.15, 0.2) is 9.84 Å². The van der Waals surface area contributed by atoms with Gasteiger partial charge in [-0.3, -0.25) is 4.79 Å². The molecule has 0 saturated heterocycles. The quantitative estimate of drug-likeness (QED) is 0.292. The van der Waals surface area contributed by atoms with Gasteiger partial charge in [0.2, 0.25) is 0 Å². The molecule has 1 aromatic heterocycles. The molecule has 0 amide bonds. The van der Waals surface area contributed by atoms with Crippen molar-refractivity contribution in [3.8, 4) is 28.7 Å². The number of aliphatic carboxylic acids is 1. The fraction of sp³-hybridized carbons (Fsp3) is 0.179. The van der Waals surface area contributed by atoms with E-state index in [2.05, 4.69) is 17.9 Å². The highest BCUT2D eigenvalue weighted by Crippen LogP contribution is 2.37. The normalized spacial score (nSPS) is 12.1. The highest BCUT2D eigenvalue weighted by Gasteiger charge is 2.17. The Morgan fingerprint density at radius 3 is 2.49 bits per heavy atom. The molecule has 5 nitrogen and oxygen atoms in total. The molecule has 4 aromatic rings. The number of carboxylic acids is 1. The summed E-state index contributed by atoms with van der Waals surface area (Å²) in [6.45, 7) is 2.07. The van der Waals surface area contributed by atoms with Crippen molar-refractivity contribution in [3.63, 3.8) is 0 Å². The number of benzene rings is 3. The maximum Gasteiger partial charge on any atom is 0.304 e. The van der Waals surface area contributed by atoms with Crippen molar-refractivity contribution >= 4 is 37.2 Å². The lowest BCUT2D eigenvalue weighted by atomic mass is 9.96. The standard InChI is InChI=1S/C28H24O5S2/c1-3-6-21(16-28(29)30)20-10-12-22(13-11-20)33-17-19-9-14-23-25(18-34-26(23)15-19)24-7-4-5-8-27(24)35(2,31)32/h4-5,7-15,18,21H,16-17H2,1-2H3,(H,29,30). The van der Waals surface area contributed by atoms with Gasteiger partial charge in [-0.1, -0.05) is 48.4 Å². The molecule has 0 aliphatic rings. The van der Waals surface area contributed by atoms with Crippen LogP contribution in [0.1, 0.15) is 30.4 Å². The molecule has 3 aromatic carbocycles. The van der Waals surface area contributed by atoms with Crippen molar-refractivity contribution in [3.05, 3.63) is 83.2 Å². The van der Waals surface area contributed by atoms with Crippen molar-refractivity contribution in [2.45, 2.75) is 30.8 Å². The van der Waals surface area contributed by atoms with E-state index >= 15 is 0 Å². The van der Waals surface area contributed by atoms with E-state index in [1.165, 1.54) is 6.26 Å². The molecule has 7 heteroatoms. The number of fused-ring (bicyclic) bond motifs is 1. The lowest BCUT2D eigenvalue weighted by Crippen LogP contribution is -2.04. The Labute approximate surface area is 208 Å². The van der Waals surface area contributed by atoms with E-state index in [1.54, 1.807) is 30.4 Å². The van der Waals surface area contributed by atoms with Crippen molar-refractivity contribution < 1.29 is 23.1 Å². The van der Waals surface area contributed by atoms with Gasteiger partial charge in [-0.15, -0.1) is 17.3 Å². The van der Waals surface area contributed by atoms with Crippen LogP contribution in [0.3, 0.4) is 0 Å². The molecule has 4 rings (SSSR count). The minimum atomic E-state index is -3.35. The summed E-state index contributed by atoms with van der Waals surface area (Å²) < 4.78 is 31.5. The summed E-state index contributed by atoms with van der Waals surface area (Å²) in [7, 11) is -3.35. The lowest BCUT2D eigenvalue weighted by Gasteiger charge is -2.11. The van der Waals surface area contributed by atoms with Gasteiger partial charge >= 0.3 is 5.97 Å². The number of hydrogen-bond acceptors (Lipinski definition) is 5. The molecule has 178 valence electrons. The monoisotopic (exact) mass is 504 g/mol. The van der Waals surface area contributed by atoms with Gasteiger partial charge in [0, 0.05) is 27.5 Å². The van der Waals surface area contributed by atoms with Crippen LogP contribution in [-0.2, 0) is 21.2 Å². The van der Waals surface area contributed by atoms with Gasteiger partial charge in [0.1, 0.15) is 12.4 Å². The van der Waals surface area contributed by atoms with Gasteiger partial charge in [0.05, 0.1) is 17.2 Å². The van der Waals surface area contributed by atoms with Crippen LogP contribution in [0.15, 0.2) is 77.0 Å². The van der Waals surface area contributed by atoms with Crippen molar-refractivity contribution in [1.82, 2.24) is 0 Å². The minimum Gasteiger partial charge on any atom is -0.489 e. The number of hydrogen-bond donors (Lipinski definition) is 1. The molecule has 0 aliphatic heterocycles. The number of ether oxygens (including phenoxy) is 1. The molecule has 0 aliphatic carbocycles. The Morgan fingerprint density at radius 2 is 1.80 bits per heavy atom.